The third-order valence-corrected chi connectivity index (χ3v) is 6.90. The molecule has 1 aliphatic heterocycles. The number of carbonyl (C=O) groups is 1. The van der Waals surface area contributed by atoms with E-state index >= 15 is 0 Å². The zero-order valence-electron chi connectivity index (χ0n) is 14.3. The van der Waals surface area contributed by atoms with Crippen LogP contribution < -0.4 is 10.4 Å². The van der Waals surface area contributed by atoms with Crippen LogP contribution >= 0.6 is 11.6 Å². The van der Waals surface area contributed by atoms with E-state index in [0.29, 0.717) is 28.1 Å². The first-order valence-electron chi connectivity index (χ1n) is 9.20. The van der Waals surface area contributed by atoms with E-state index < -0.39 is 17.6 Å². The lowest BCUT2D eigenvalue weighted by Crippen LogP contribution is -2.37. The van der Waals surface area contributed by atoms with Crippen LogP contribution in [-0.2, 0) is 0 Å². The molecule has 0 unspecified atom stereocenters. The number of halogens is 3. The summed E-state index contributed by atoms with van der Waals surface area (Å²) in [6.45, 7) is 0. The first-order valence-corrected chi connectivity index (χ1v) is 9.58. The molecule has 1 N–H and O–H groups in total. The fourth-order valence-corrected chi connectivity index (χ4v) is 6.00. The van der Waals surface area contributed by atoms with Crippen LogP contribution in [0.3, 0.4) is 0 Å². The average Bonchev–Trinajstić information content (AvgIpc) is 3.24. The monoisotopic (exact) mass is 388 g/mol. The molecular formula is C21H17ClF2NO2-. The topological polar surface area (TPSA) is 52.2 Å². The Bertz CT molecular complexity index is 963. The van der Waals surface area contributed by atoms with Gasteiger partial charge in [-0.15, -0.1) is 0 Å². The molecule has 2 saturated carbocycles. The third-order valence-electron chi connectivity index (χ3n) is 6.68. The van der Waals surface area contributed by atoms with Gasteiger partial charge in [-0.3, -0.25) is 0 Å². The molecule has 27 heavy (non-hydrogen) atoms. The molecule has 0 aromatic heterocycles. The number of benzene rings is 2. The maximum atomic E-state index is 13.9. The smallest absolute Gasteiger partial charge is 0.159 e. The number of anilines is 1. The molecule has 2 bridgehead atoms. The van der Waals surface area contributed by atoms with E-state index in [2.05, 4.69) is 5.32 Å². The summed E-state index contributed by atoms with van der Waals surface area (Å²) in [6.07, 6.45) is 3.17. The number of carboxylic acid groups (broad SMARTS) is 1. The van der Waals surface area contributed by atoms with Gasteiger partial charge < -0.3 is 15.2 Å². The van der Waals surface area contributed by atoms with Crippen molar-refractivity contribution in [1.82, 2.24) is 0 Å². The first kappa shape index (κ1) is 17.0. The van der Waals surface area contributed by atoms with Crippen molar-refractivity contribution in [3.8, 4) is 0 Å². The maximum absolute atomic E-state index is 13.9. The molecule has 2 aliphatic carbocycles. The Kier molecular flexibility index (Phi) is 3.73. The Morgan fingerprint density at radius 2 is 1.89 bits per heavy atom. The molecule has 0 saturated heterocycles. The van der Waals surface area contributed by atoms with Gasteiger partial charge in [-0.2, -0.15) is 0 Å². The minimum Gasteiger partial charge on any atom is -0.545 e. The quantitative estimate of drug-likeness (QED) is 0.835. The molecule has 3 aliphatic rings. The maximum Gasteiger partial charge on any atom is 0.159 e. The van der Waals surface area contributed by atoms with Crippen LogP contribution in [0.5, 0.6) is 0 Å². The molecule has 2 fully saturated rings. The molecule has 2 aromatic carbocycles. The molecule has 5 rings (SSSR count). The van der Waals surface area contributed by atoms with E-state index in [1.165, 1.54) is 12.1 Å². The summed E-state index contributed by atoms with van der Waals surface area (Å²) in [5.41, 5.74) is 2.23. The largest absolute Gasteiger partial charge is 0.545 e. The highest BCUT2D eigenvalue weighted by molar-refractivity contribution is 6.31. The number of hydrogen-bond acceptors (Lipinski definition) is 3. The molecule has 0 spiro atoms. The molecule has 1 heterocycles. The van der Waals surface area contributed by atoms with E-state index in [1.54, 1.807) is 12.1 Å². The van der Waals surface area contributed by atoms with Gasteiger partial charge in [0.15, 0.2) is 11.6 Å². The highest BCUT2D eigenvalue weighted by Gasteiger charge is 2.54. The summed E-state index contributed by atoms with van der Waals surface area (Å²) in [5, 5.41) is 15.5. The van der Waals surface area contributed by atoms with Crippen molar-refractivity contribution in [3.05, 3.63) is 63.7 Å². The van der Waals surface area contributed by atoms with Crippen LogP contribution in [0.2, 0.25) is 5.02 Å². The van der Waals surface area contributed by atoms with E-state index in [0.717, 1.165) is 30.9 Å². The van der Waals surface area contributed by atoms with Gasteiger partial charge in [0.2, 0.25) is 0 Å². The second-order valence-corrected chi connectivity index (χ2v) is 8.37. The molecular weight excluding hydrogens is 372 g/mol. The Balaban J connectivity index is 1.69. The molecule has 3 nitrogen and oxygen atoms in total. The molecule has 140 valence electrons. The van der Waals surface area contributed by atoms with Crippen LogP contribution in [-0.4, -0.2) is 5.97 Å². The number of carboxylic acids is 1. The Morgan fingerprint density at radius 1 is 1.11 bits per heavy atom. The Hall–Kier alpha value is -2.14. The van der Waals surface area contributed by atoms with Crippen LogP contribution in [0.1, 0.15) is 52.7 Å². The lowest BCUT2D eigenvalue weighted by molar-refractivity contribution is -0.255. The lowest BCUT2D eigenvalue weighted by atomic mass is 9.67. The van der Waals surface area contributed by atoms with Crippen molar-refractivity contribution < 1.29 is 18.7 Å². The van der Waals surface area contributed by atoms with Gasteiger partial charge in [-0.05, 0) is 78.3 Å². The van der Waals surface area contributed by atoms with Crippen molar-refractivity contribution in [2.24, 2.45) is 17.8 Å². The molecule has 0 amide bonds. The average molecular weight is 389 g/mol. The number of hydrogen-bond donors (Lipinski definition) is 1. The highest BCUT2D eigenvalue weighted by Crippen LogP contribution is 2.64. The van der Waals surface area contributed by atoms with Crippen molar-refractivity contribution in [3.63, 3.8) is 0 Å². The summed E-state index contributed by atoms with van der Waals surface area (Å²) in [7, 11) is 0. The second-order valence-electron chi connectivity index (χ2n) is 7.93. The lowest BCUT2D eigenvalue weighted by Gasteiger charge is -2.44. The zero-order valence-corrected chi connectivity index (χ0v) is 15.1. The summed E-state index contributed by atoms with van der Waals surface area (Å²) < 4.78 is 27.3. The van der Waals surface area contributed by atoms with E-state index in [9.17, 15) is 18.7 Å². The van der Waals surface area contributed by atoms with Crippen molar-refractivity contribution in [1.29, 1.82) is 0 Å². The minimum absolute atomic E-state index is 0.0586. The highest BCUT2D eigenvalue weighted by atomic mass is 35.5. The SMILES string of the molecule is O=C([O-])c1cc(Cl)cc2c1[C@H]1[C@H]3CC[C@H](C3)[C@H]1[C@@H](c1ccc(F)c(F)c1)N2. The third kappa shape index (κ3) is 2.48. The van der Waals surface area contributed by atoms with Crippen LogP contribution in [0.4, 0.5) is 14.5 Å². The number of aromatic carboxylic acids is 1. The van der Waals surface area contributed by atoms with Crippen LogP contribution in [0.25, 0.3) is 0 Å². The van der Waals surface area contributed by atoms with Gasteiger partial charge in [0.1, 0.15) is 0 Å². The second kappa shape index (κ2) is 5.93. The summed E-state index contributed by atoms with van der Waals surface area (Å²) in [6, 6.07) is 6.96. The molecule has 5 atom stereocenters. The van der Waals surface area contributed by atoms with Gasteiger partial charge in [0.25, 0.3) is 0 Å². The van der Waals surface area contributed by atoms with Gasteiger partial charge >= 0.3 is 0 Å². The van der Waals surface area contributed by atoms with Gasteiger partial charge in [0, 0.05) is 16.3 Å². The fraction of sp³-hybridized carbons (Fsp3) is 0.381. The molecule has 6 heteroatoms. The molecule has 0 radical (unpaired) electrons. The van der Waals surface area contributed by atoms with Crippen molar-refractivity contribution >= 4 is 23.3 Å². The van der Waals surface area contributed by atoms with Crippen molar-refractivity contribution in [2.75, 3.05) is 5.32 Å². The summed E-state index contributed by atoms with van der Waals surface area (Å²) >= 11 is 6.15. The standard InChI is InChI=1S/C21H18ClF2NO2/c22-12-7-13(21(26)27)19-16(8-12)25-20(11-3-4-14(23)15(24)6-11)18-10-2-1-9(5-10)17(18)19/h3-4,6-10,17-18,20,25H,1-2,5H2,(H,26,27)/p-1/t9-,10+,17-,18+,20+/m0/s1. The fourth-order valence-electron chi connectivity index (χ4n) is 5.78. The summed E-state index contributed by atoms with van der Waals surface area (Å²) in [5.74, 6) is -1.95. The minimum atomic E-state index is -1.23. The predicted molar refractivity (Wildman–Crippen MR) is 95.6 cm³/mol. The van der Waals surface area contributed by atoms with E-state index in [1.807, 2.05) is 0 Å². The zero-order chi connectivity index (χ0) is 18.9. The Morgan fingerprint density at radius 3 is 2.63 bits per heavy atom. The normalized spacial score (nSPS) is 30.6. The van der Waals surface area contributed by atoms with E-state index in [4.69, 9.17) is 11.6 Å². The van der Waals surface area contributed by atoms with Gasteiger partial charge in [-0.25, -0.2) is 8.78 Å². The number of rotatable bonds is 2. The Labute approximate surface area is 160 Å². The van der Waals surface area contributed by atoms with E-state index in [-0.39, 0.29) is 23.4 Å². The van der Waals surface area contributed by atoms with Crippen LogP contribution in [0, 0.1) is 29.4 Å². The van der Waals surface area contributed by atoms with Crippen LogP contribution in [0.15, 0.2) is 30.3 Å². The molecule has 2 aromatic rings. The van der Waals surface area contributed by atoms with Gasteiger partial charge in [0.05, 0.1) is 12.0 Å². The number of nitrogens with one attached hydrogen (secondary N) is 1. The summed E-state index contributed by atoms with van der Waals surface area (Å²) in [4.78, 5) is 11.8. The van der Waals surface area contributed by atoms with Gasteiger partial charge in [-0.1, -0.05) is 17.7 Å². The number of fused-ring (bicyclic) bond motifs is 7. The predicted octanol–water partition coefficient (Wildman–Crippen LogP) is 4.28. The first-order chi connectivity index (χ1) is 12.9. The number of carbonyl (C=O) groups excluding carboxylic acids is 1. The van der Waals surface area contributed by atoms with Crippen molar-refractivity contribution in [2.45, 2.75) is 31.2 Å².